The van der Waals surface area contributed by atoms with Crippen molar-refractivity contribution in [3.8, 4) is 0 Å². The minimum Gasteiger partial charge on any atom is -0.368 e. The van der Waals surface area contributed by atoms with Gasteiger partial charge < -0.3 is 16.4 Å². The number of carbonyl (C=O) groups excluding carboxylic acids is 1. The minimum absolute atomic E-state index is 0.385. The van der Waals surface area contributed by atoms with Crippen LogP contribution >= 0.6 is 0 Å². The molecular formula is C7H15N3O. The van der Waals surface area contributed by atoms with Crippen molar-refractivity contribution in [3.05, 3.63) is 0 Å². The van der Waals surface area contributed by atoms with E-state index in [9.17, 15) is 4.79 Å². The van der Waals surface area contributed by atoms with Crippen molar-refractivity contribution in [2.45, 2.75) is 18.4 Å². The highest BCUT2D eigenvalue weighted by Gasteiger charge is 2.35. The summed E-state index contributed by atoms with van der Waals surface area (Å²) in [4.78, 5) is 12.9. The number of likely N-dealkylation sites (tertiary alicyclic amines) is 1. The average molecular weight is 157 g/mol. The molecule has 0 aliphatic carbocycles. The Labute approximate surface area is 66.5 Å². The van der Waals surface area contributed by atoms with Gasteiger partial charge >= 0.3 is 0 Å². The summed E-state index contributed by atoms with van der Waals surface area (Å²) in [6, 6.07) is 0. The van der Waals surface area contributed by atoms with Crippen molar-refractivity contribution in [2.75, 3.05) is 20.1 Å². The lowest BCUT2D eigenvalue weighted by atomic mass is 9.90. The molecular weight excluding hydrogens is 142 g/mol. The Kier molecular flexibility index (Phi) is 2.15. The highest BCUT2D eigenvalue weighted by molar-refractivity contribution is 5.84. The van der Waals surface area contributed by atoms with Crippen LogP contribution in [0.2, 0.25) is 0 Å². The Morgan fingerprint density at radius 1 is 1.64 bits per heavy atom. The molecule has 0 spiro atoms. The van der Waals surface area contributed by atoms with E-state index >= 15 is 0 Å². The van der Waals surface area contributed by atoms with Crippen LogP contribution in [0.4, 0.5) is 0 Å². The topological polar surface area (TPSA) is 72.3 Å². The number of primary amides is 1. The number of nitrogens with zero attached hydrogens (tertiary/aromatic N) is 1. The number of piperidine rings is 1. The first-order chi connectivity index (χ1) is 5.04. The van der Waals surface area contributed by atoms with Crippen molar-refractivity contribution in [2.24, 2.45) is 11.5 Å². The number of hydrogen-bond donors (Lipinski definition) is 2. The zero-order valence-electron chi connectivity index (χ0n) is 6.84. The predicted molar refractivity (Wildman–Crippen MR) is 42.8 cm³/mol. The molecule has 1 atom stereocenters. The molecule has 1 fully saturated rings. The summed E-state index contributed by atoms with van der Waals surface area (Å²) in [6.45, 7) is 1.59. The van der Waals surface area contributed by atoms with Crippen molar-refractivity contribution < 1.29 is 4.79 Å². The maximum Gasteiger partial charge on any atom is 0.238 e. The fourth-order valence-corrected chi connectivity index (χ4v) is 1.51. The quantitative estimate of drug-likeness (QED) is 0.507. The third-order valence-electron chi connectivity index (χ3n) is 2.21. The van der Waals surface area contributed by atoms with Crippen LogP contribution in [0.3, 0.4) is 0 Å². The molecule has 0 aromatic rings. The minimum atomic E-state index is -0.785. The van der Waals surface area contributed by atoms with Crippen molar-refractivity contribution in [1.29, 1.82) is 0 Å². The van der Waals surface area contributed by atoms with Crippen LogP contribution in [0.5, 0.6) is 0 Å². The largest absolute Gasteiger partial charge is 0.368 e. The van der Waals surface area contributed by atoms with Gasteiger partial charge in [-0.05, 0) is 26.4 Å². The summed E-state index contributed by atoms with van der Waals surface area (Å²) in [5.74, 6) is -0.385. The number of rotatable bonds is 1. The highest BCUT2D eigenvalue weighted by atomic mass is 16.1. The first kappa shape index (κ1) is 8.49. The van der Waals surface area contributed by atoms with Gasteiger partial charge in [0.25, 0.3) is 0 Å². The van der Waals surface area contributed by atoms with Gasteiger partial charge in [-0.1, -0.05) is 0 Å². The van der Waals surface area contributed by atoms with Gasteiger partial charge in [-0.3, -0.25) is 4.79 Å². The molecule has 1 unspecified atom stereocenters. The van der Waals surface area contributed by atoms with Gasteiger partial charge in [0.1, 0.15) is 5.54 Å². The number of hydrogen-bond acceptors (Lipinski definition) is 3. The second-order valence-corrected chi connectivity index (χ2v) is 3.36. The molecule has 0 saturated carbocycles. The summed E-state index contributed by atoms with van der Waals surface area (Å²) in [7, 11) is 1.95. The monoisotopic (exact) mass is 157 g/mol. The van der Waals surface area contributed by atoms with E-state index in [1.54, 1.807) is 0 Å². The third kappa shape index (κ3) is 1.70. The second kappa shape index (κ2) is 2.79. The molecule has 11 heavy (non-hydrogen) atoms. The summed E-state index contributed by atoms with van der Waals surface area (Å²) < 4.78 is 0. The molecule has 4 heteroatoms. The second-order valence-electron chi connectivity index (χ2n) is 3.36. The van der Waals surface area contributed by atoms with E-state index in [2.05, 4.69) is 0 Å². The molecule has 1 saturated heterocycles. The van der Waals surface area contributed by atoms with Crippen LogP contribution in [0.15, 0.2) is 0 Å². The zero-order valence-corrected chi connectivity index (χ0v) is 6.84. The SMILES string of the molecule is CN1CCCC(N)(C(N)=O)C1. The van der Waals surface area contributed by atoms with E-state index in [1.807, 2.05) is 11.9 Å². The number of amides is 1. The van der Waals surface area contributed by atoms with Crippen LogP contribution in [-0.4, -0.2) is 36.5 Å². The Morgan fingerprint density at radius 2 is 2.27 bits per heavy atom. The van der Waals surface area contributed by atoms with Gasteiger partial charge in [0, 0.05) is 6.54 Å². The Bertz CT molecular complexity index is 171. The maximum absolute atomic E-state index is 10.9. The van der Waals surface area contributed by atoms with E-state index in [1.165, 1.54) is 0 Å². The Morgan fingerprint density at radius 3 is 2.64 bits per heavy atom. The van der Waals surface area contributed by atoms with E-state index in [4.69, 9.17) is 11.5 Å². The third-order valence-corrected chi connectivity index (χ3v) is 2.21. The maximum atomic E-state index is 10.9. The first-order valence-electron chi connectivity index (χ1n) is 3.82. The molecule has 0 aromatic carbocycles. The number of carbonyl (C=O) groups is 1. The molecule has 1 aliphatic heterocycles. The molecule has 1 heterocycles. The molecule has 0 bridgehead atoms. The smallest absolute Gasteiger partial charge is 0.238 e. The van der Waals surface area contributed by atoms with Crippen LogP contribution < -0.4 is 11.5 Å². The summed E-state index contributed by atoms with van der Waals surface area (Å²) in [6.07, 6.45) is 1.67. The average Bonchev–Trinajstić information content (AvgIpc) is 1.86. The molecule has 1 amide bonds. The lowest BCUT2D eigenvalue weighted by molar-refractivity contribution is -0.124. The fourth-order valence-electron chi connectivity index (χ4n) is 1.51. The summed E-state index contributed by atoms with van der Waals surface area (Å²) >= 11 is 0. The van der Waals surface area contributed by atoms with E-state index < -0.39 is 5.54 Å². The number of likely N-dealkylation sites (N-methyl/N-ethyl adjacent to an activating group) is 1. The highest BCUT2D eigenvalue weighted by Crippen LogP contribution is 2.16. The van der Waals surface area contributed by atoms with Gasteiger partial charge in [0.05, 0.1) is 0 Å². The standard InChI is InChI=1S/C7H15N3O/c1-10-4-2-3-7(9,5-10)6(8)11/h2-5,9H2,1H3,(H2,8,11). The summed E-state index contributed by atoms with van der Waals surface area (Å²) in [5, 5.41) is 0. The van der Waals surface area contributed by atoms with Crippen LogP contribution in [0.1, 0.15) is 12.8 Å². The molecule has 0 radical (unpaired) electrons. The lowest BCUT2D eigenvalue weighted by Crippen LogP contribution is -2.61. The Hall–Kier alpha value is -0.610. The normalized spacial score (nSPS) is 33.6. The molecule has 4 nitrogen and oxygen atoms in total. The molecule has 1 rings (SSSR count). The van der Waals surface area contributed by atoms with Crippen LogP contribution in [-0.2, 0) is 4.79 Å². The molecule has 0 aromatic heterocycles. The van der Waals surface area contributed by atoms with E-state index in [-0.39, 0.29) is 5.91 Å². The predicted octanol–water partition coefficient (Wildman–Crippen LogP) is -1.11. The first-order valence-corrected chi connectivity index (χ1v) is 3.82. The number of nitrogens with two attached hydrogens (primary N) is 2. The van der Waals surface area contributed by atoms with Crippen molar-refractivity contribution >= 4 is 5.91 Å². The molecule has 64 valence electrons. The van der Waals surface area contributed by atoms with Crippen LogP contribution in [0.25, 0.3) is 0 Å². The van der Waals surface area contributed by atoms with Gasteiger partial charge in [-0.25, -0.2) is 0 Å². The van der Waals surface area contributed by atoms with Gasteiger partial charge in [-0.2, -0.15) is 0 Å². The summed E-state index contributed by atoms with van der Waals surface area (Å²) in [5.41, 5.74) is 10.2. The van der Waals surface area contributed by atoms with Crippen molar-refractivity contribution in [1.82, 2.24) is 4.90 Å². The zero-order chi connectivity index (χ0) is 8.48. The van der Waals surface area contributed by atoms with Crippen LogP contribution in [0, 0.1) is 0 Å². The van der Waals surface area contributed by atoms with Gasteiger partial charge in [-0.15, -0.1) is 0 Å². The van der Waals surface area contributed by atoms with Gasteiger partial charge in [0.2, 0.25) is 5.91 Å². The molecule has 1 aliphatic rings. The van der Waals surface area contributed by atoms with E-state index in [0.717, 1.165) is 13.0 Å². The Balaban J connectivity index is 2.63. The van der Waals surface area contributed by atoms with Crippen molar-refractivity contribution in [3.63, 3.8) is 0 Å². The fraction of sp³-hybridized carbons (Fsp3) is 0.857. The lowest BCUT2D eigenvalue weighted by Gasteiger charge is -2.35. The molecule has 4 N–H and O–H groups in total. The van der Waals surface area contributed by atoms with E-state index in [0.29, 0.717) is 13.0 Å². The van der Waals surface area contributed by atoms with Gasteiger partial charge in [0.15, 0.2) is 0 Å².